The third-order valence-electron chi connectivity index (χ3n) is 6.28. The first-order chi connectivity index (χ1) is 13.7. The molecule has 1 aromatic heterocycles. The Morgan fingerprint density at radius 3 is 2.41 bits per heavy atom. The molecule has 3 nitrogen and oxygen atoms in total. The minimum Gasteiger partial charge on any atom is -0.328 e. The van der Waals surface area contributed by atoms with Crippen LogP contribution < -0.4 is 0 Å². The summed E-state index contributed by atoms with van der Waals surface area (Å²) in [7, 11) is 4.66. The van der Waals surface area contributed by atoms with Crippen LogP contribution in [0.25, 0.3) is 0 Å². The Balaban J connectivity index is 0.000000502. The van der Waals surface area contributed by atoms with Crippen molar-refractivity contribution < 1.29 is 9.22 Å². The number of rotatable bonds is 10. The van der Waals surface area contributed by atoms with E-state index in [1.807, 2.05) is 25.3 Å². The minimum absolute atomic E-state index is 0.487. The minimum atomic E-state index is 0.487. The average molecular weight is 406 g/mol. The second-order valence-electron chi connectivity index (χ2n) is 10.3. The molecule has 0 radical (unpaired) electrons. The summed E-state index contributed by atoms with van der Waals surface area (Å²) in [6, 6.07) is 3.95. The fourth-order valence-corrected chi connectivity index (χ4v) is 4.26. The fraction of sp³-hybridized carbons (Fsp3) is 0.808. The van der Waals surface area contributed by atoms with Gasteiger partial charge in [0, 0.05) is 12.4 Å². The van der Waals surface area contributed by atoms with Gasteiger partial charge in [0.05, 0.1) is 26.7 Å². The van der Waals surface area contributed by atoms with Gasteiger partial charge in [0.2, 0.25) is 0 Å². The summed E-state index contributed by atoms with van der Waals surface area (Å²) in [6.45, 7) is 13.6. The Kier molecular flexibility index (Phi) is 12.7. The summed E-state index contributed by atoms with van der Waals surface area (Å²) in [5, 5.41) is 0. The summed E-state index contributed by atoms with van der Waals surface area (Å²) in [5.74, 6) is 2.35. The van der Waals surface area contributed by atoms with Gasteiger partial charge in [0.15, 0.2) is 6.73 Å². The second-order valence-corrected chi connectivity index (χ2v) is 10.3. The van der Waals surface area contributed by atoms with E-state index in [1.165, 1.54) is 63.5 Å². The number of hydrogen-bond acceptors (Lipinski definition) is 2. The normalized spacial score (nSPS) is 22.3. The first-order valence-corrected chi connectivity index (χ1v) is 12.1. The van der Waals surface area contributed by atoms with Gasteiger partial charge in [-0.05, 0) is 62.0 Å². The van der Waals surface area contributed by atoms with Gasteiger partial charge in [0.1, 0.15) is 0 Å². The van der Waals surface area contributed by atoms with Crippen molar-refractivity contribution in [1.82, 2.24) is 4.98 Å². The molecule has 0 aromatic carbocycles. The van der Waals surface area contributed by atoms with Crippen LogP contribution >= 0.6 is 0 Å². The third kappa shape index (κ3) is 11.7. The average Bonchev–Trinajstić information content (AvgIpc) is 2.67. The van der Waals surface area contributed by atoms with Crippen LogP contribution in [0.15, 0.2) is 24.5 Å². The van der Waals surface area contributed by atoms with Crippen LogP contribution in [-0.2, 0) is 4.74 Å². The maximum Gasteiger partial charge on any atom is 0.183 e. The van der Waals surface area contributed by atoms with Gasteiger partial charge >= 0.3 is 0 Å². The lowest BCUT2D eigenvalue weighted by Gasteiger charge is -2.39. The largest absolute Gasteiger partial charge is 0.328 e. The number of hydrogen-bond donors (Lipinski definition) is 0. The molecule has 29 heavy (non-hydrogen) atoms. The van der Waals surface area contributed by atoms with Crippen LogP contribution in [0.5, 0.6) is 0 Å². The van der Waals surface area contributed by atoms with E-state index in [-0.39, 0.29) is 0 Å². The van der Waals surface area contributed by atoms with E-state index in [2.05, 4.69) is 46.8 Å². The van der Waals surface area contributed by atoms with Crippen LogP contribution in [0.2, 0.25) is 0 Å². The molecule has 3 heteroatoms. The van der Waals surface area contributed by atoms with Crippen LogP contribution in [0.4, 0.5) is 0 Å². The van der Waals surface area contributed by atoms with E-state index in [4.69, 9.17) is 4.74 Å². The molecule has 1 aliphatic rings. The number of pyridine rings is 1. The highest BCUT2D eigenvalue weighted by Gasteiger charge is 2.32. The van der Waals surface area contributed by atoms with Crippen molar-refractivity contribution in [3.8, 4) is 0 Å². The molecule has 2 rings (SSSR count). The van der Waals surface area contributed by atoms with Crippen LogP contribution in [0, 0.1) is 24.7 Å². The zero-order valence-corrected chi connectivity index (χ0v) is 20.5. The van der Waals surface area contributed by atoms with Gasteiger partial charge in [-0.1, -0.05) is 59.4 Å². The van der Waals surface area contributed by atoms with Crippen molar-refractivity contribution in [2.75, 3.05) is 27.4 Å². The van der Waals surface area contributed by atoms with E-state index in [0.29, 0.717) is 6.10 Å². The van der Waals surface area contributed by atoms with E-state index in [1.54, 1.807) is 6.20 Å². The van der Waals surface area contributed by atoms with Crippen LogP contribution in [0.1, 0.15) is 84.6 Å². The molecule has 0 spiro atoms. The molecular weight excluding hydrogens is 356 g/mol. The van der Waals surface area contributed by atoms with E-state index < -0.39 is 0 Å². The van der Waals surface area contributed by atoms with Gasteiger partial charge in [-0.3, -0.25) is 4.98 Å². The lowest BCUT2D eigenvalue weighted by molar-refractivity contribution is -0.911. The third-order valence-corrected chi connectivity index (χ3v) is 6.28. The van der Waals surface area contributed by atoms with Gasteiger partial charge < -0.3 is 9.22 Å². The Morgan fingerprint density at radius 2 is 1.86 bits per heavy atom. The molecule has 1 fully saturated rings. The number of unbranched alkanes of at least 4 members (excludes halogenated alkanes) is 4. The lowest BCUT2D eigenvalue weighted by atomic mass is 9.75. The maximum absolute atomic E-state index is 6.44. The first-order valence-electron chi connectivity index (χ1n) is 12.1. The summed E-state index contributed by atoms with van der Waals surface area (Å²) in [4.78, 5) is 3.88. The van der Waals surface area contributed by atoms with Gasteiger partial charge in [0.25, 0.3) is 0 Å². The molecule has 0 aliphatic heterocycles. The predicted octanol–water partition coefficient (Wildman–Crippen LogP) is 6.86. The van der Waals surface area contributed by atoms with Gasteiger partial charge in [-0.25, -0.2) is 0 Å². The molecule has 1 heterocycles. The molecular formula is C26H49N2O+. The molecule has 1 aromatic rings. The Morgan fingerprint density at radius 1 is 1.14 bits per heavy atom. The highest BCUT2D eigenvalue weighted by atomic mass is 16.5. The molecule has 0 amide bonds. The van der Waals surface area contributed by atoms with Crippen molar-refractivity contribution >= 4 is 0 Å². The number of aromatic nitrogens is 1. The molecule has 0 N–H and O–H groups in total. The zero-order chi connectivity index (χ0) is 21.7. The fourth-order valence-electron chi connectivity index (χ4n) is 4.26. The topological polar surface area (TPSA) is 22.1 Å². The van der Waals surface area contributed by atoms with E-state index in [9.17, 15) is 0 Å². The van der Waals surface area contributed by atoms with E-state index in [0.717, 1.165) is 29.0 Å². The van der Waals surface area contributed by atoms with Crippen LogP contribution in [0.3, 0.4) is 0 Å². The van der Waals surface area contributed by atoms with Crippen molar-refractivity contribution in [2.45, 2.75) is 92.1 Å². The standard InChI is InChI=1S/C20H42NO.C6H7N/c1-7-8-9-10-11-14-21(5,6)16-22-20-15-18(4)12-13-19(20)17(2)3;1-6-3-2-4-7-5-6/h17-20H,7-16H2,1-6H3;2-5H,1H3/q+1;/t18-,19?,20?;/m1./s1. The number of ether oxygens (including phenoxy) is 1. The summed E-state index contributed by atoms with van der Waals surface area (Å²) in [6.07, 6.45) is 14.9. The molecule has 1 saturated carbocycles. The van der Waals surface area contributed by atoms with Crippen molar-refractivity contribution in [3.63, 3.8) is 0 Å². The zero-order valence-electron chi connectivity index (χ0n) is 20.5. The van der Waals surface area contributed by atoms with Crippen molar-refractivity contribution in [1.29, 1.82) is 0 Å². The quantitative estimate of drug-likeness (QED) is 0.241. The monoisotopic (exact) mass is 405 g/mol. The van der Waals surface area contributed by atoms with Crippen molar-refractivity contribution in [2.24, 2.45) is 17.8 Å². The molecule has 0 saturated heterocycles. The maximum atomic E-state index is 6.44. The SMILES string of the molecule is CCCCCCC[N+](C)(C)COC1C[C@H](C)CCC1C(C)C.Cc1cccnc1. The smallest absolute Gasteiger partial charge is 0.183 e. The first kappa shape index (κ1) is 26.1. The van der Waals surface area contributed by atoms with Crippen molar-refractivity contribution in [3.05, 3.63) is 30.1 Å². The van der Waals surface area contributed by atoms with Gasteiger partial charge in [-0.2, -0.15) is 0 Å². The highest BCUT2D eigenvalue weighted by molar-refractivity contribution is 5.04. The highest BCUT2D eigenvalue weighted by Crippen LogP contribution is 2.35. The summed E-state index contributed by atoms with van der Waals surface area (Å²) in [5.41, 5.74) is 1.21. The molecule has 168 valence electrons. The Labute approximate surface area is 181 Å². The predicted molar refractivity (Wildman–Crippen MR) is 126 cm³/mol. The summed E-state index contributed by atoms with van der Waals surface area (Å²) < 4.78 is 7.46. The number of aryl methyl sites for hydroxylation is 1. The number of quaternary nitrogens is 1. The molecule has 1 aliphatic carbocycles. The van der Waals surface area contributed by atoms with Gasteiger partial charge in [-0.15, -0.1) is 0 Å². The Bertz CT molecular complexity index is 515. The molecule has 3 atom stereocenters. The summed E-state index contributed by atoms with van der Waals surface area (Å²) >= 11 is 0. The number of nitrogens with zero attached hydrogens (tertiary/aromatic N) is 2. The second kappa shape index (κ2) is 14.1. The van der Waals surface area contributed by atoms with Crippen LogP contribution in [-0.4, -0.2) is 42.9 Å². The Hall–Kier alpha value is -0.930. The van der Waals surface area contributed by atoms with E-state index >= 15 is 0 Å². The lowest BCUT2D eigenvalue weighted by Crippen LogP contribution is -2.45. The molecule has 2 unspecified atom stereocenters. The molecule has 0 bridgehead atoms.